The molecular weight excluding hydrogens is 268 g/mol. The van der Waals surface area contributed by atoms with Gasteiger partial charge in [-0.05, 0) is 30.2 Å². The summed E-state index contributed by atoms with van der Waals surface area (Å²) in [5.41, 5.74) is 5.30. The molecule has 1 heterocycles. The zero-order chi connectivity index (χ0) is 11.4. The van der Waals surface area contributed by atoms with Gasteiger partial charge in [0.15, 0.2) is 5.84 Å². The van der Waals surface area contributed by atoms with Gasteiger partial charge in [-0.1, -0.05) is 29.3 Å². The van der Waals surface area contributed by atoms with Gasteiger partial charge >= 0.3 is 0 Å². The van der Waals surface area contributed by atoms with Gasteiger partial charge in [0.05, 0.1) is 13.2 Å². The fraction of sp³-hybridized carbons (Fsp3) is 0.417. The molecule has 4 heteroatoms. The van der Waals surface area contributed by atoms with Crippen LogP contribution in [0.3, 0.4) is 0 Å². The second-order valence-corrected chi connectivity index (χ2v) is 4.69. The maximum Gasteiger partial charge on any atom is 0.153 e. The summed E-state index contributed by atoms with van der Waals surface area (Å²) in [6, 6.07) is 6.17. The molecular formula is C12H15BrN2O. The van der Waals surface area contributed by atoms with Crippen molar-refractivity contribution in [3.8, 4) is 0 Å². The van der Waals surface area contributed by atoms with Gasteiger partial charge in [0.25, 0.3) is 0 Å². The van der Waals surface area contributed by atoms with Crippen LogP contribution in [0.2, 0.25) is 0 Å². The summed E-state index contributed by atoms with van der Waals surface area (Å²) in [5, 5.41) is 0. The third kappa shape index (κ3) is 2.62. The van der Waals surface area contributed by atoms with Crippen LogP contribution in [0.5, 0.6) is 0 Å². The van der Waals surface area contributed by atoms with Crippen LogP contribution in [0.25, 0.3) is 0 Å². The number of hydrogen-bond donors (Lipinski definition) is 1. The largest absolute Gasteiger partial charge is 0.275 e. The van der Waals surface area contributed by atoms with Gasteiger partial charge in [-0.25, -0.2) is 5.48 Å². The third-order valence-electron chi connectivity index (χ3n) is 2.50. The number of fused-ring (bicyclic) bond motifs is 1. The number of benzene rings is 1. The van der Waals surface area contributed by atoms with E-state index in [0.717, 1.165) is 41.9 Å². The Bertz CT molecular complexity index is 404. The van der Waals surface area contributed by atoms with Crippen molar-refractivity contribution in [2.75, 3.05) is 6.61 Å². The Labute approximate surface area is 104 Å². The van der Waals surface area contributed by atoms with Gasteiger partial charge in [-0.3, -0.25) is 9.83 Å². The Morgan fingerprint density at radius 2 is 2.38 bits per heavy atom. The topological polar surface area (TPSA) is 33.6 Å². The van der Waals surface area contributed by atoms with Gasteiger partial charge in [0, 0.05) is 10.0 Å². The van der Waals surface area contributed by atoms with Crippen LogP contribution in [0.15, 0.2) is 27.7 Å². The molecule has 0 aromatic heterocycles. The molecule has 86 valence electrons. The lowest BCUT2D eigenvalue weighted by Crippen LogP contribution is -2.24. The summed E-state index contributed by atoms with van der Waals surface area (Å²) in [6.07, 6.45) is 2.20. The molecule has 0 bridgehead atoms. The molecule has 1 aromatic carbocycles. The Kier molecular flexibility index (Phi) is 3.96. The zero-order valence-electron chi connectivity index (χ0n) is 9.29. The van der Waals surface area contributed by atoms with E-state index in [-0.39, 0.29) is 0 Å². The number of rotatable bonds is 4. The average Bonchev–Trinajstić information content (AvgIpc) is 2.67. The number of nitrogens with one attached hydrogen (secondary N) is 1. The quantitative estimate of drug-likeness (QED) is 0.680. The molecule has 0 fully saturated rings. The van der Waals surface area contributed by atoms with E-state index in [9.17, 15) is 0 Å². The molecule has 0 amide bonds. The van der Waals surface area contributed by atoms with Crippen molar-refractivity contribution in [3.05, 3.63) is 33.8 Å². The molecule has 0 spiro atoms. The summed E-state index contributed by atoms with van der Waals surface area (Å²) < 4.78 is 1.09. The number of hydroxylamine groups is 1. The summed E-state index contributed by atoms with van der Waals surface area (Å²) in [7, 11) is 0. The lowest BCUT2D eigenvalue weighted by molar-refractivity contribution is 0.0831. The highest BCUT2D eigenvalue weighted by atomic mass is 79.9. The van der Waals surface area contributed by atoms with Gasteiger partial charge in [0.2, 0.25) is 0 Å². The van der Waals surface area contributed by atoms with E-state index < -0.39 is 0 Å². The number of aliphatic imine (C=N–C) groups is 1. The average molecular weight is 283 g/mol. The van der Waals surface area contributed by atoms with E-state index in [1.807, 2.05) is 6.07 Å². The first-order valence-electron chi connectivity index (χ1n) is 5.52. The first kappa shape index (κ1) is 11.6. The molecule has 0 saturated carbocycles. The molecule has 2 rings (SSSR count). The van der Waals surface area contributed by atoms with Crippen LogP contribution >= 0.6 is 15.9 Å². The van der Waals surface area contributed by atoms with Crippen molar-refractivity contribution in [3.63, 3.8) is 0 Å². The molecule has 1 aliphatic rings. The molecule has 1 N–H and O–H groups in total. The molecule has 1 aliphatic heterocycles. The third-order valence-corrected chi connectivity index (χ3v) is 2.99. The molecule has 0 atom stereocenters. The standard InChI is InChI=1S/C12H15BrN2O/c1-2-3-6-16-15-12-11-5-4-10(13)7-9(11)8-14-12/h4-5,7H,2-3,6,8H2,1H3,(H,14,15). The van der Waals surface area contributed by atoms with Crippen LogP contribution in [0.1, 0.15) is 30.9 Å². The Morgan fingerprint density at radius 1 is 1.50 bits per heavy atom. The van der Waals surface area contributed by atoms with Crippen molar-refractivity contribution < 1.29 is 4.84 Å². The molecule has 0 unspecified atom stereocenters. The number of halogens is 1. The van der Waals surface area contributed by atoms with Crippen molar-refractivity contribution in [1.82, 2.24) is 5.48 Å². The minimum absolute atomic E-state index is 0.724. The first-order valence-corrected chi connectivity index (χ1v) is 6.31. The highest BCUT2D eigenvalue weighted by molar-refractivity contribution is 9.10. The molecule has 3 nitrogen and oxygen atoms in total. The van der Waals surface area contributed by atoms with E-state index >= 15 is 0 Å². The fourth-order valence-corrected chi connectivity index (χ4v) is 2.01. The lowest BCUT2D eigenvalue weighted by atomic mass is 10.1. The van der Waals surface area contributed by atoms with E-state index in [1.54, 1.807) is 0 Å². The van der Waals surface area contributed by atoms with E-state index in [1.165, 1.54) is 5.56 Å². The monoisotopic (exact) mass is 282 g/mol. The number of nitrogens with zero attached hydrogens (tertiary/aromatic N) is 1. The first-order chi connectivity index (χ1) is 7.81. The summed E-state index contributed by atoms with van der Waals surface area (Å²) >= 11 is 3.46. The van der Waals surface area contributed by atoms with Crippen LogP contribution in [0.4, 0.5) is 0 Å². The summed E-state index contributed by atoms with van der Waals surface area (Å²) in [6.45, 7) is 3.60. The molecule has 1 aromatic rings. The van der Waals surface area contributed by atoms with Gasteiger partial charge in [0.1, 0.15) is 0 Å². The Morgan fingerprint density at radius 3 is 3.19 bits per heavy atom. The van der Waals surface area contributed by atoms with Crippen molar-refractivity contribution in [2.45, 2.75) is 26.3 Å². The summed E-state index contributed by atoms with van der Waals surface area (Å²) in [5.74, 6) is 0.846. The Balaban J connectivity index is 1.95. The zero-order valence-corrected chi connectivity index (χ0v) is 10.9. The molecule has 0 aliphatic carbocycles. The molecule has 0 radical (unpaired) electrons. The molecule has 16 heavy (non-hydrogen) atoms. The maximum absolute atomic E-state index is 5.35. The highest BCUT2D eigenvalue weighted by Crippen LogP contribution is 2.22. The van der Waals surface area contributed by atoms with E-state index in [0.29, 0.717) is 0 Å². The van der Waals surface area contributed by atoms with Crippen LogP contribution in [-0.4, -0.2) is 12.4 Å². The van der Waals surface area contributed by atoms with Crippen molar-refractivity contribution in [1.29, 1.82) is 0 Å². The predicted octanol–water partition coefficient (Wildman–Crippen LogP) is 3.03. The van der Waals surface area contributed by atoms with Crippen LogP contribution in [0, 0.1) is 0 Å². The number of hydrogen-bond acceptors (Lipinski definition) is 3. The van der Waals surface area contributed by atoms with E-state index in [2.05, 4.69) is 45.5 Å². The second-order valence-electron chi connectivity index (χ2n) is 3.77. The molecule has 0 saturated heterocycles. The van der Waals surface area contributed by atoms with Gasteiger partial charge in [-0.2, -0.15) is 0 Å². The Hall–Kier alpha value is -0.870. The summed E-state index contributed by atoms with van der Waals surface area (Å²) in [4.78, 5) is 9.75. The lowest BCUT2D eigenvalue weighted by Gasteiger charge is -2.07. The van der Waals surface area contributed by atoms with Crippen LogP contribution < -0.4 is 5.48 Å². The number of unbranched alkanes of at least 4 members (excludes halogenated alkanes) is 1. The normalized spacial score (nSPS) is 13.5. The van der Waals surface area contributed by atoms with Crippen molar-refractivity contribution >= 4 is 21.8 Å². The smallest absolute Gasteiger partial charge is 0.153 e. The van der Waals surface area contributed by atoms with Crippen LogP contribution in [-0.2, 0) is 11.4 Å². The van der Waals surface area contributed by atoms with Gasteiger partial charge < -0.3 is 0 Å². The predicted molar refractivity (Wildman–Crippen MR) is 68.4 cm³/mol. The van der Waals surface area contributed by atoms with Crippen molar-refractivity contribution in [2.24, 2.45) is 4.99 Å². The minimum atomic E-state index is 0.724. The maximum atomic E-state index is 5.35. The number of amidine groups is 1. The highest BCUT2D eigenvalue weighted by Gasteiger charge is 2.15. The second kappa shape index (κ2) is 5.46. The van der Waals surface area contributed by atoms with E-state index in [4.69, 9.17) is 4.84 Å². The SMILES string of the molecule is CCCCONC1=NCc2cc(Br)ccc21. The van der Waals surface area contributed by atoms with Gasteiger partial charge in [-0.15, -0.1) is 0 Å². The fourth-order valence-electron chi connectivity index (χ4n) is 1.60. The minimum Gasteiger partial charge on any atom is -0.275 e.